The first-order valence-corrected chi connectivity index (χ1v) is 6.85. The Kier molecular flexibility index (Phi) is 3.16. The summed E-state index contributed by atoms with van der Waals surface area (Å²) in [7, 11) is 0. The second kappa shape index (κ2) is 4.94. The molecule has 2 aromatic heterocycles. The second-order valence-corrected chi connectivity index (χ2v) is 5.37. The molecule has 3 heterocycles. The minimum atomic E-state index is 0.767. The van der Waals surface area contributed by atoms with Gasteiger partial charge < -0.3 is 5.32 Å². The molecule has 0 radical (unpaired) electrons. The zero-order valence-corrected chi connectivity index (χ0v) is 10.4. The lowest BCUT2D eigenvalue weighted by Crippen LogP contribution is -2.10. The summed E-state index contributed by atoms with van der Waals surface area (Å²) in [4.78, 5) is 8.82. The van der Waals surface area contributed by atoms with Gasteiger partial charge in [-0.3, -0.25) is 4.98 Å². The van der Waals surface area contributed by atoms with E-state index in [4.69, 9.17) is 4.98 Å². The van der Waals surface area contributed by atoms with E-state index < -0.39 is 0 Å². The van der Waals surface area contributed by atoms with E-state index in [-0.39, 0.29) is 0 Å². The van der Waals surface area contributed by atoms with Crippen molar-refractivity contribution in [1.82, 2.24) is 15.3 Å². The monoisotopic (exact) mass is 245 g/mol. The molecule has 1 fully saturated rings. The van der Waals surface area contributed by atoms with Crippen LogP contribution in [0.25, 0.3) is 11.3 Å². The molecule has 2 aromatic rings. The van der Waals surface area contributed by atoms with Gasteiger partial charge in [-0.25, -0.2) is 4.98 Å². The van der Waals surface area contributed by atoms with Gasteiger partial charge in [0.05, 0.1) is 10.7 Å². The number of hydrogen-bond acceptors (Lipinski definition) is 4. The molecule has 1 saturated heterocycles. The molecule has 0 aliphatic carbocycles. The van der Waals surface area contributed by atoms with Gasteiger partial charge >= 0.3 is 0 Å². The standard InChI is InChI=1S/C13H15N3S/c1-2-11(8-14-4-1)12-9-17-13(16-12)6-10-3-5-15-7-10/h1-2,4,8-10,15H,3,5-7H2. The van der Waals surface area contributed by atoms with Gasteiger partial charge in [0.2, 0.25) is 0 Å². The third kappa shape index (κ3) is 2.53. The number of nitrogens with zero attached hydrogens (tertiary/aromatic N) is 2. The molecule has 1 aliphatic heterocycles. The van der Waals surface area contributed by atoms with Crippen LogP contribution in [0.3, 0.4) is 0 Å². The molecular formula is C13H15N3S. The van der Waals surface area contributed by atoms with Crippen molar-refractivity contribution in [2.45, 2.75) is 12.8 Å². The Morgan fingerprint density at radius 1 is 1.47 bits per heavy atom. The molecule has 1 atom stereocenters. The lowest BCUT2D eigenvalue weighted by atomic mass is 10.1. The van der Waals surface area contributed by atoms with Gasteiger partial charge in [0.15, 0.2) is 0 Å². The molecular weight excluding hydrogens is 230 g/mol. The molecule has 0 aromatic carbocycles. The van der Waals surface area contributed by atoms with Gasteiger partial charge in [0.25, 0.3) is 0 Å². The van der Waals surface area contributed by atoms with Crippen LogP contribution < -0.4 is 5.32 Å². The van der Waals surface area contributed by atoms with Crippen LogP contribution in [0.5, 0.6) is 0 Å². The molecule has 88 valence electrons. The topological polar surface area (TPSA) is 37.8 Å². The number of nitrogens with one attached hydrogen (secondary N) is 1. The molecule has 3 nitrogen and oxygen atoms in total. The normalized spacial score (nSPS) is 19.6. The minimum absolute atomic E-state index is 0.767. The van der Waals surface area contributed by atoms with Crippen LogP contribution in [-0.4, -0.2) is 23.1 Å². The maximum Gasteiger partial charge on any atom is 0.0935 e. The molecule has 1 aliphatic rings. The highest BCUT2D eigenvalue weighted by molar-refractivity contribution is 7.09. The zero-order chi connectivity index (χ0) is 11.5. The molecule has 0 spiro atoms. The van der Waals surface area contributed by atoms with Crippen LogP contribution in [0.2, 0.25) is 0 Å². The predicted octanol–water partition coefficient (Wildman–Crippen LogP) is 2.36. The average molecular weight is 245 g/mol. The largest absolute Gasteiger partial charge is 0.316 e. The van der Waals surface area contributed by atoms with Crippen LogP contribution in [0.1, 0.15) is 11.4 Å². The van der Waals surface area contributed by atoms with Crippen molar-refractivity contribution in [3.05, 3.63) is 34.9 Å². The van der Waals surface area contributed by atoms with E-state index in [0.29, 0.717) is 0 Å². The van der Waals surface area contributed by atoms with Crippen molar-refractivity contribution in [2.75, 3.05) is 13.1 Å². The van der Waals surface area contributed by atoms with E-state index in [1.54, 1.807) is 17.5 Å². The Hall–Kier alpha value is -1.26. The Morgan fingerprint density at radius 3 is 3.24 bits per heavy atom. The molecule has 0 bridgehead atoms. The molecule has 3 rings (SSSR count). The summed E-state index contributed by atoms with van der Waals surface area (Å²) < 4.78 is 0. The molecule has 0 saturated carbocycles. The smallest absolute Gasteiger partial charge is 0.0935 e. The predicted molar refractivity (Wildman–Crippen MR) is 70.0 cm³/mol. The van der Waals surface area contributed by atoms with Gasteiger partial charge in [-0.2, -0.15) is 0 Å². The lowest BCUT2D eigenvalue weighted by molar-refractivity contribution is 0.578. The summed E-state index contributed by atoms with van der Waals surface area (Å²) in [6, 6.07) is 4.01. The van der Waals surface area contributed by atoms with Crippen molar-refractivity contribution in [3.63, 3.8) is 0 Å². The van der Waals surface area contributed by atoms with Crippen molar-refractivity contribution in [3.8, 4) is 11.3 Å². The fourth-order valence-electron chi connectivity index (χ4n) is 2.19. The highest BCUT2D eigenvalue weighted by atomic mass is 32.1. The van der Waals surface area contributed by atoms with E-state index in [1.807, 2.05) is 12.3 Å². The number of hydrogen-bond donors (Lipinski definition) is 1. The van der Waals surface area contributed by atoms with Gasteiger partial charge in [-0.05, 0) is 37.6 Å². The van der Waals surface area contributed by atoms with Crippen molar-refractivity contribution in [2.24, 2.45) is 5.92 Å². The summed E-state index contributed by atoms with van der Waals surface area (Å²) >= 11 is 1.76. The van der Waals surface area contributed by atoms with Gasteiger partial charge in [0.1, 0.15) is 0 Å². The van der Waals surface area contributed by atoms with Crippen molar-refractivity contribution in [1.29, 1.82) is 0 Å². The summed E-state index contributed by atoms with van der Waals surface area (Å²) in [6.07, 6.45) is 6.05. The van der Waals surface area contributed by atoms with E-state index in [0.717, 1.165) is 36.7 Å². The molecule has 17 heavy (non-hydrogen) atoms. The molecule has 4 heteroatoms. The number of pyridine rings is 1. The summed E-state index contributed by atoms with van der Waals surface area (Å²) in [5.41, 5.74) is 2.17. The molecule has 0 amide bonds. The fourth-order valence-corrected chi connectivity index (χ4v) is 3.11. The van der Waals surface area contributed by atoms with E-state index in [1.165, 1.54) is 11.4 Å². The van der Waals surface area contributed by atoms with Crippen LogP contribution in [0, 0.1) is 5.92 Å². The van der Waals surface area contributed by atoms with Crippen molar-refractivity contribution < 1.29 is 0 Å². The summed E-state index contributed by atoms with van der Waals surface area (Å²) in [6.45, 7) is 2.30. The lowest BCUT2D eigenvalue weighted by Gasteiger charge is -2.03. The summed E-state index contributed by atoms with van der Waals surface area (Å²) in [5, 5.41) is 6.78. The molecule has 1 unspecified atom stereocenters. The Morgan fingerprint density at radius 2 is 2.47 bits per heavy atom. The Balaban J connectivity index is 1.74. The number of aromatic nitrogens is 2. The van der Waals surface area contributed by atoms with Gasteiger partial charge in [-0.1, -0.05) is 0 Å². The first-order chi connectivity index (χ1) is 8.42. The number of rotatable bonds is 3. The minimum Gasteiger partial charge on any atom is -0.316 e. The molecule has 1 N–H and O–H groups in total. The third-order valence-electron chi connectivity index (χ3n) is 3.13. The van der Waals surface area contributed by atoms with E-state index >= 15 is 0 Å². The SMILES string of the molecule is c1cncc(-c2csc(CC3CCNC3)n2)c1. The van der Waals surface area contributed by atoms with E-state index in [2.05, 4.69) is 21.7 Å². The van der Waals surface area contributed by atoms with Crippen molar-refractivity contribution >= 4 is 11.3 Å². The third-order valence-corrected chi connectivity index (χ3v) is 4.01. The second-order valence-electron chi connectivity index (χ2n) is 4.43. The summed E-state index contributed by atoms with van der Waals surface area (Å²) in [5.74, 6) is 0.767. The quantitative estimate of drug-likeness (QED) is 0.902. The Bertz CT molecular complexity index is 474. The maximum absolute atomic E-state index is 4.69. The highest BCUT2D eigenvalue weighted by Gasteiger charge is 2.16. The maximum atomic E-state index is 4.69. The number of thiazole rings is 1. The van der Waals surface area contributed by atoms with Crippen LogP contribution >= 0.6 is 11.3 Å². The van der Waals surface area contributed by atoms with E-state index in [9.17, 15) is 0 Å². The van der Waals surface area contributed by atoms with Gasteiger partial charge in [0, 0.05) is 29.8 Å². The van der Waals surface area contributed by atoms with Crippen LogP contribution in [-0.2, 0) is 6.42 Å². The first-order valence-electron chi connectivity index (χ1n) is 5.97. The Labute approximate surface area is 105 Å². The van der Waals surface area contributed by atoms with Crippen LogP contribution in [0.4, 0.5) is 0 Å². The van der Waals surface area contributed by atoms with Gasteiger partial charge in [-0.15, -0.1) is 11.3 Å². The average Bonchev–Trinajstić information content (AvgIpc) is 3.02. The van der Waals surface area contributed by atoms with Crippen LogP contribution in [0.15, 0.2) is 29.9 Å². The fraction of sp³-hybridized carbons (Fsp3) is 0.385. The highest BCUT2D eigenvalue weighted by Crippen LogP contribution is 2.24. The first kappa shape index (κ1) is 10.9. The zero-order valence-electron chi connectivity index (χ0n) is 9.60.